The monoisotopic (exact) mass is 332 g/mol. The van der Waals surface area contributed by atoms with E-state index in [1.54, 1.807) is 0 Å². The molecule has 1 heterocycles. The van der Waals surface area contributed by atoms with Crippen LogP contribution in [0.1, 0.15) is 23.5 Å². The van der Waals surface area contributed by atoms with Gasteiger partial charge in [-0.2, -0.15) is 0 Å². The summed E-state index contributed by atoms with van der Waals surface area (Å²) in [5, 5.41) is 9.70. The Morgan fingerprint density at radius 2 is 1.90 bits per heavy atom. The quantitative estimate of drug-likeness (QED) is 0.919. The molecule has 0 bridgehead atoms. The number of ether oxygens (including phenoxy) is 1. The van der Waals surface area contributed by atoms with Gasteiger partial charge in [-0.3, -0.25) is 0 Å². The molecular weight excluding hydrogens is 316 g/mol. The van der Waals surface area contributed by atoms with Crippen LogP contribution < -0.4 is 4.74 Å². The van der Waals surface area contributed by atoms with E-state index in [2.05, 4.69) is 28.1 Å². The summed E-state index contributed by atoms with van der Waals surface area (Å²) in [7, 11) is 0. The zero-order valence-electron chi connectivity index (χ0n) is 11.1. The summed E-state index contributed by atoms with van der Waals surface area (Å²) in [5.74, 6) is 1.09. The highest BCUT2D eigenvalue weighted by Gasteiger charge is 2.26. The first-order chi connectivity index (χ1) is 9.78. The van der Waals surface area contributed by atoms with Crippen LogP contribution in [0, 0.1) is 0 Å². The number of para-hydroxylation sites is 1. The van der Waals surface area contributed by atoms with E-state index in [0.717, 1.165) is 28.6 Å². The fourth-order valence-electron chi connectivity index (χ4n) is 2.81. The number of aliphatic hydroxyl groups excluding tert-OH is 1. The molecule has 0 fully saturated rings. The van der Waals surface area contributed by atoms with Crippen LogP contribution in [0.4, 0.5) is 0 Å². The Bertz CT molecular complexity index is 572. The highest BCUT2D eigenvalue weighted by Crippen LogP contribution is 2.34. The number of fused-ring (bicyclic) bond motifs is 1. The van der Waals surface area contributed by atoms with Gasteiger partial charge in [0.2, 0.25) is 0 Å². The maximum absolute atomic E-state index is 9.70. The van der Waals surface area contributed by atoms with Gasteiger partial charge in [0.15, 0.2) is 0 Å². The molecule has 2 nitrogen and oxygen atoms in total. The summed E-state index contributed by atoms with van der Waals surface area (Å²) < 4.78 is 7.02. The Morgan fingerprint density at radius 3 is 2.65 bits per heavy atom. The summed E-state index contributed by atoms with van der Waals surface area (Å²) >= 11 is 3.56. The van der Waals surface area contributed by atoms with Crippen LogP contribution in [0.15, 0.2) is 53.0 Å². The van der Waals surface area contributed by atoms with Gasteiger partial charge in [-0.05, 0) is 29.7 Å². The normalized spacial score (nSPS) is 18.4. The van der Waals surface area contributed by atoms with Crippen molar-refractivity contribution in [3.05, 3.63) is 64.1 Å². The van der Waals surface area contributed by atoms with E-state index in [-0.39, 0.29) is 18.6 Å². The summed E-state index contributed by atoms with van der Waals surface area (Å²) in [5.41, 5.74) is 2.41. The second-order valence-corrected chi connectivity index (χ2v) is 6.04. The van der Waals surface area contributed by atoms with E-state index >= 15 is 0 Å². The number of hydrogen-bond acceptors (Lipinski definition) is 2. The summed E-state index contributed by atoms with van der Waals surface area (Å²) in [4.78, 5) is 0. The van der Waals surface area contributed by atoms with Gasteiger partial charge in [0, 0.05) is 16.8 Å². The van der Waals surface area contributed by atoms with Crippen LogP contribution in [0.25, 0.3) is 0 Å². The third-order valence-electron chi connectivity index (χ3n) is 3.83. The average Bonchev–Trinajstić information content (AvgIpc) is 2.88. The van der Waals surface area contributed by atoms with Gasteiger partial charge in [-0.1, -0.05) is 52.3 Å². The lowest BCUT2D eigenvalue weighted by Gasteiger charge is -2.20. The molecule has 2 aromatic carbocycles. The minimum absolute atomic E-state index is 0.102. The molecule has 1 aliphatic rings. The zero-order valence-corrected chi connectivity index (χ0v) is 12.7. The molecule has 2 atom stereocenters. The second-order valence-electron chi connectivity index (χ2n) is 5.19. The number of rotatable bonds is 4. The minimum Gasteiger partial charge on any atom is -0.490 e. The van der Waals surface area contributed by atoms with Gasteiger partial charge in [0.25, 0.3) is 0 Å². The van der Waals surface area contributed by atoms with Gasteiger partial charge in [-0.15, -0.1) is 0 Å². The molecule has 0 saturated heterocycles. The molecule has 0 aromatic heterocycles. The first-order valence-corrected chi connectivity index (χ1v) is 7.67. The Balaban J connectivity index is 1.73. The van der Waals surface area contributed by atoms with E-state index in [0.29, 0.717) is 0 Å². The molecule has 0 aliphatic carbocycles. The molecule has 0 radical (unpaired) electrons. The maximum atomic E-state index is 9.70. The van der Waals surface area contributed by atoms with E-state index < -0.39 is 0 Å². The molecule has 1 aliphatic heterocycles. The molecule has 0 saturated carbocycles. The lowest BCUT2D eigenvalue weighted by Crippen LogP contribution is -2.19. The molecule has 2 aromatic rings. The van der Waals surface area contributed by atoms with Crippen molar-refractivity contribution in [2.45, 2.75) is 24.9 Å². The molecular formula is C17H17BrO2. The van der Waals surface area contributed by atoms with Crippen LogP contribution in [0.5, 0.6) is 5.75 Å². The number of hydrogen-bond donors (Lipinski definition) is 1. The predicted molar refractivity (Wildman–Crippen MR) is 83.1 cm³/mol. The van der Waals surface area contributed by atoms with Crippen molar-refractivity contribution in [2.75, 3.05) is 6.61 Å². The van der Waals surface area contributed by atoms with Crippen molar-refractivity contribution >= 4 is 15.9 Å². The number of halogens is 1. The zero-order chi connectivity index (χ0) is 13.9. The lowest BCUT2D eigenvalue weighted by atomic mass is 9.92. The molecule has 3 rings (SSSR count). The van der Waals surface area contributed by atoms with Crippen molar-refractivity contribution in [3.63, 3.8) is 0 Å². The average molecular weight is 333 g/mol. The minimum atomic E-state index is 0.102. The van der Waals surface area contributed by atoms with Crippen LogP contribution in [0.2, 0.25) is 0 Å². The van der Waals surface area contributed by atoms with Gasteiger partial charge in [0.05, 0.1) is 6.61 Å². The van der Waals surface area contributed by atoms with Gasteiger partial charge in [0.1, 0.15) is 11.9 Å². The highest BCUT2D eigenvalue weighted by molar-refractivity contribution is 9.10. The van der Waals surface area contributed by atoms with Gasteiger partial charge in [-0.25, -0.2) is 0 Å². The summed E-state index contributed by atoms with van der Waals surface area (Å²) in [6, 6.07) is 16.2. The summed E-state index contributed by atoms with van der Waals surface area (Å²) in [6.45, 7) is 0.138. The molecule has 1 N–H and O–H groups in total. The molecule has 0 amide bonds. The summed E-state index contributed by atoms with van der Waals surface area (Å²) in [6.07, 6.45) is 1.90. The third kappa shape index (κ3) is 2.74. The van der Waals surface area contributed by atoms with E-state index in [1.807, 2.05) is 36.4 Å². The predicted octanol–water partition coefficient (Wildman–Crippen LogP) is 3.92. The Kier molecular flexibility index (Phi) is 4.08. The topological polar surface area (TPSA) is 29.5 Å². The van der Waals surface area contributed by atoms with E-state index in [1.165, 1.54) is 5.56 Å². The highest BCUT2D eigenvalue weighted by atomic mass is 79.9. The van der Waals surface area contributed by atoms with Gasteiger partial charge < -0.3 is 9.84 Å². The van der Waals surface area contributed by atoms with E-state index in [4.69, 9.17) is 4.74 Å². The largest absolute Gasteiger partial charge is 0.490 e. The SMILES string of the molecule is OCC(CC1Cc2ccccc2O1)c1ccccc1Br. The number of benzene rings is 2. The molecule has 3 heteroatoms. The molecule has 104 valence electrons. The first kappa shape index (κ1) is 13.7. The van der Waals surface area contributed by atoms with Crippen LogP contribution in [-0.4, -0.2) is 17.8 Å². The lowest BCUT2D eigenvalue weighted by molar-refractivity contribution is 0.179. The Morgan fingerprint density at radius 1 is 1.15 bits per heavy atom. The third-order valence-corrected chi connectivity index (χ3v) is 4.55. The molecule has 0 spiro atoms. The molecule has 20 heavy (non-hydrogen) atoms. The van der Waals surface area contributed by atoms with E-state index in [9.17, 15) is 5.11 Å². The van der Waals surface area contributed by atoms with Crippen molar-refractivity contribution in [1.29, 1.82) is 0 Å². The number of aliphatic hydroxyl groups is 1. The van der Waals surface area contributed by atoms with Crippen LogP contribution in [0.3, 0.4) is 0 Å². The Hall–Kier alpha value is -1.32. The van der Waals surface area contributed by atoms with Crippen molar-refractivity contribution in [1.82, 2.24) is 0 Å². The standard InChI is InChI=1S/C17H17BrO2/c18-16-7-3-2-6-15(16)13(11-19)10-14-9-12-5-1-4-8-17(12)20-14/h1-8,13-14,19H,9-11H2. The van der Waals surface area contributed by atoms with Crippen LogP contribution in [-0.2, 0) is 6.42 Å². The van der Waals surface area contributed by atoms with Crippen molar-refractivity contribution in [3.8, 4) is 5.75 Å². The first-order valence-electron chi connectivity index (χ1n) is 6.87. The maximum Gasteiger partial charge on any atom is 0.123 e. The van der Waals surface area contributed by atoms with Crippen LogP contribution >= 0.6 is 15.9 Å². The fraction of sp³-hybridized carbons (Fsp3) is 0.294. The second kappa shape index (κ2) is 5.98. The molecule has 2 unspecified atom stereocenters. The van der Waals surface area contributed by atoms with Gasteiger partial charge >= 0.3 is 0 Å². The Labute approximate surface area is 127 Å². The smallest absolute Gasteiger partial charge is 0.123 e. The van der Waals surface area contributed by atoms with Crippen molar-refractivity contribution < 1.29 is 9.84 Å². The van der Waals surface area contributed by atoms with Crippen molar-refractivity contribution in [2.24, 2.45) is 0 Å². The fourth-order valence-corrected chi connectivity index (χ4v) is 3.42.